The van der Waals surface area contributed by atoms with E-state index in [-0.39, 0.29) is 18.6 Å². The number of hydrogen-bond acceptors (Lipinski definition) is 4. The van der Waals surface area contributed by atoms with Crippen LogP contribution in [0.3, 0.4) is 0 Å². The zero-order valence-electron chi connectivity index (χ0n) is 13.2. The van der Waals surface area contributed by atoms with Gasteiger partial charge in [-0.05, 0) is 48.9 Å². The van der Waals surface area contributed by atoms with Crippen LogP contribution in [0.25, 0.3) is 0 Å². The van der Waals surface area contributed by atoms with E-state index < -0.39 is 0 Å². The van der Waals surface area contributed by atoms with Gasteiger partial charge in [-0.2, -0.15) is 0 Å². The molecule has 1 aliphatic rings. The van der Waals surface area contributed by atoms with Crippen LogP contribution in [-0.4, -0.2) is 18.6 Å². The molecular weight excluding hydrogens is 308 g/mol. The van der Waals surface area contributed by atoms with Crippen molar-refractivity contribution < 1.29 is 9.53 Å². The molecule has 2 aromatic rings. The number of thiophene rings is 1. The molecular formula is C18H22N2O2S. The van der Waals surface area contributed by atoms with Gasteiger partial charge in [-0.1, -0.05) is 18.2 Å². The highest BCUT2D eigenvalue weighted by Gasteiger charge is 2.23. The summed E-state index contributed by atoms with van der Waals surface area (Å²) in [6, 6.07) is 12.8. The van der Waals surface area contributed by atoms with Crippen LogP contribution >= 0.6 is 11.3 Å². The van der Waals surface area contributed by atoms with Crippen molar-refractivity contribution in [2.75, 3.05) is 6.61 Å². The van der Waals surface area contributed by atoms with Gasteiger partial charge in [0.1, 0.15) is 5.75 Å². The molecule has 1 amide bonds. The maximum atomic E-state index is 11.6. The lowest BCUT2D eigenvalue weighted by atomic mass is 10.1. The van der Waals surface area contributed by atoms with Gasteiger partial charge in [0, 0.05) is 23.5 Å². The van der Waals surface area contributed by atoms with Crippen molar-refractivity contribution in [3.8, 4) is 5.75 Å². The second-order valence-corrected chi connectivity index (χ2v) is 6.91. The number of carbonyl (C=O) groups excluding carboxylic acids is 1. The van der Waals surface area contributed by atoms with Crippen molar-refractivity contribution in [3.05, 3.63) is 52.2 Å². The molecule has 1 atom stereocenters. The van der Waals surface area contributed by atoms with Gasteiger partial charge >= 0.3 is 0 Å². The fourth-order valence-electron chi connectivity index (χ4n) is 2.28. The third-order valence-electron chi connectivity index (χ3n) is 3.86. The molecule has 122 valence electrons. The Bertz CT molecular complexity index is 621. The predicted molar refractivity (Wildman–Crippen MR) is 92.7 cm³/mol. The fourth-order valence-corrected chi connectivity index (χ4v) is 2.94. The topological polar surface area (TPSA) is 50.4 Å². The minimum Gasteiger partial charge on any atom is -0.484 e. The van der Waals surface area contributed by atoms with Gasteiger partial charge in [0.15, 0.2) is 6.61 Å². The minimum atomic E-state index is -0.0393. The molecule has 5 heteroatoms. The largest absolute Gasteiger partial charge is 0.484 e. The Kier molecular flexibility index (Phi) is 5.31. The summed E-state index contributed by atoms with van der Waals surface area (Å²) in [4.78, 5) is 12.9. The van der Waals surface area contributed by atoms with Crippen LogP contribution in [0.2, 0.25) is 0 Å². The number of benzene rings is 1. The summed E-state index contributed by atoms with van der Waals surface area (Å²) in [6.45, 7) is 3.10. The Morgan fingerprint density at radius 1 is 1.30 bits per heavy atom. The van der Waals surface area contributed by atoms with Gasteiger partial charge in [-0.15, -0.1) is 11.3 Å². The molecule has 0 aliphatic heterocycles. The summed E-state index contributed by atoms with van der Waals surface area (Å²) >= 11 is 1.76. The summed E-state index contributed by atoms with van der Waals surface area (Å²) in [7, 11) is 0. The van der Waals surface area contributed by atoms with E-state index in [0.717, 1.165) is 25.1 Å². The molecule has 2 N–H and O–H groups in total. The third-order valence-corrected chi connectivity index (χ3v) is 4.73. The van der Waals surface area contributed by atoms with Gasteiger partial charge in [0.05, 0.1) is 0 Å². The van der Waals surface area contributed by atoms with Gasteiger partial charge in [-0.3, -0.25) is 4.79 Å². The lowest BCUT2D eigenvalue weighted by molar-refractivity contribution is -0.123. The Morgan fingerprint density at radius 2 is 2.09 bits per heavy atom. The second kappa shape index (κ2) is 7.62. The quantitative estimate of drug-likeness (QED) is 0.781. The third kappa shape index (κ3) is 5.08. The van der Waals surface area contributed by atoms with Gasteiger partial charge < -0.3 is 15.4 Å². The highest BCUT2D eigenvalue weighted by Crippen LogP contribution is 2.20. The molecule has 1 aliphatic carbocycles. The van der Waals surface area contributed by atoms with Crippen LogP contribution < -0.4 is 15.4 Å². The SMILES string of the molecule is C[C@@H](NCc1cccs1)c1ccc(OCC(=O)NC2CC2)cc1. The minimum absolute atomic E-state index is 0.0393. The monoisotopic (exact) mass is 330 g/mol. The fraction of sp³-hybridized carbons (Fsp3) is 0.389. The van der Waals surface area contributed by atoms with Crippen molar-refractivity contribution in [1.29, 1.82) is 0 Å². The number of hydrogen-bond donors (Lipinski definition) is 2. The standard InChI is InChI=1S/C18H22N2O2S/c1-13(19-11-17-3-2-10-23-17)14-4-8-16(9-5-14)22-12-18(21)20-15-6-7-15/h2-5,8-10,13,15,19H,6-7,11-12H2,1H3,(H,20,21)/t13-/m1/s1. The van der Waals surface area contributed by atoms with Crippen molar-refractivity contribution >= 4 is 17.2 Å². The second-order valence-electron chi connectivity index (χ2n) is 5.88. The summed E-state index contributed by atoms with van der Waals surface area (Å²) in [5, 5.41) is 8.51. The molecule has 0 spiro atoms. The predicted octanol–water partition coefficient (Wildman–Crippen LogP) is 3.26. The van der Waals surface area contributed by atoms with E-state index in [1.165, 1.54) is 10.4 Å². The molecule has 4 nitrogen and oxygen atoms in total. The lowest BCUT2D eigenvalue weighted by Crippen LogP contribution is -2.30. The molecule has 23 heavy (non-hydrogen) atoms. The van der Waals surface area contributed by atoms with Crippen molar-refractivity contribution in [2.24, 2.45) is 0 Å². The average molecular weight is 330 g/mol. The molecule has 3 rings (SSSR count). The van der Waals surface area contributed by atoms with E-state index in [2.05, 4.69) is 35.1 Å². The van der Waals surface area contributed by atoms with E-state index in [1.54, 1.807) is 11.3 Å². The smallest absolute Gasteiger partial charge is 0.258 e. The van der Waals surface area contributed by atoms with Crippen molar-refractivity contribution in [1.82, 2.24) is 10.6 Å². The maximum Gasteiger partial charge on any atom is 0.258 e. The molecule has 0 radical (unpaired) electrons. The molecule has 1 aromatic carbocycles. The van der Waals surface area contributed by atoms with E-state index in [4.69, 9.17) is 4.74 Å². The Balaban J connectivity index is 1.44. The van der Waals surface area contributed by atoms with Crippen LogP contribution in [0.4, 0.5) is 0 Å². The number of rotatable bonds is 8. The summed E-state index contributed by atoms with van der Waals surface area (Å²) in [5.74, 6) is 0.688. The van der Waals surface area contributed by atoms with Crippen LogP contribution in [0.1, 0.15) is 36.2 Å². The van der Waals surface area contributed by atoms with Crippen LogP contribution in [0.5, 0.6) is 5.75 Å². The maximum absolute atomic E-state index is 11.6. The summed E-state index contributed by atoms with van der Waals surface area (Å²) in [6.07, 6.45) is 2.19. The van der Waals surface area contributed by atoms with Crippen LogP contribution in [0.15, 0.2) is 41.8 Å². The highest BCUT2D eigenvalue weighted by molar-refractivity contribution is 7.09. The molecule has 0 saturated heterocycles. The van der Waals surface area contributed by atoms with Crippen LogP contribution in [0, 0.1) is 0 Å². The number of amides is 1. The van der Waals surface area contributed by atoms with Gasteiger partial charge in [-0.25, -0.2) is 0 Å². The molecule has 0 unspecified atom stereocenters. The van der Waals surface area contributed by atoms with E-state index >= 15 is 0 Å². The molecule has 1 heterocycles. The number of carbonyl (C=O) groups is 1. The zero-order valence-corrected chi connectivity index (χ0v) is 14.1. The first-order chi connectivity index (χ1) is 11.2. The first-order valence-electron chi connectivity index (χ1n) is 7.98. The molecule has 1 saturated carbocycles. The summed E-state index contributed by atoms with van der Waals surface area (Å²) in [5.41, 5.74) is 1.20. The van der Waals surface area contributed by atoms with Gasteiger partial charge in [0.25, 0.3) is 5.91 Å². The van der Waals surface area contributed by atoms with Gasteiger partial charge in [0.2, 0.25) is 0 Å². The number of ether oxygens (including phenoxy) is 1. The number of nitrogens with one attached hydrogen (secondary N) is 2. The lowest BCUT2D eigenvalue weighted by Gasteiger charge is -2.14. The van der Waals surface area contributed by atoms with Crippen molar-refractivity contribution in [3.63, 3.8) is 0 Å². The summed E-state index contributed by atoms with van der Waals surface area (Å²) < 4.78 is 5.52. The molecule has 1 fully saturated rings. The molecule has 1 aromatic heterocycles. The van der Waals surface area contributed by atoms with E-state index in [9.17, 15) is 4.79 Å². The first kappa shape index (κ1) is 16.0. The van der Waals surface area contributed by atoms with Crippen molar-refractivity contribution in [2.45, 2.75) is 38.4 Å². The Morgan fingerprint density at radius 3 is 2.74 bits per heavy atom. The highest BCUT2D eigenvalue weighted by atomic mass is 32.1. The molecule has 0 bridgehead atoms. The normalized spacial score (nSPS) is 15.2. The van der Waals surface area contributed by atoms with E-state index in [1.807, 2.05) is 24.3 Å². The first-order valence-corrected chi connectivity index (χ1v) is 8.86. The van der Waals surface area contributed by atoms with E-state index in [0.29, 0.717) is 6.04 Å². The Labute approximate surface area is 140 Å². The Hall–Kier alpha value is -1.85. The average Bonchev–Trinajstić information content (AvgIpc) is 3.22. The van der Waals surface area contributed by atoms with Crippen LogP contribution in [-0.2, 0) is 11.3 Å². The zero-order chi connectivity index (χ0) is 16.1.